The molecule has 1 aliphatic carbocycles. The van der Waals surface area contributed by atoms with Crippen molar-refractivity contribution in [1.82, 2.24) is 4.72 Å². The van der Waals surface area contributed by atoms with Crippen molar-refractivity contribution in [2.45, 2.75) is 64.2 Å². The van der Waals surface area contributed by atoms with Crippen LogP contribution < -0.4 is 4.72 Å². The standard InChI is InChI=1S/C12H23NO4S/c1-12(2,3)10(8-11(14)15)13-18(16,17)9-6-4-5-7-9/h9-10,13H,4-8H2,1-3H3,(H,14,15). The lowest BCUT2D eigenvalue weighted by Gasteiger charge is -2.31. The number of carbonyl (C=O) groups is 1. The molecule has 1 aliphatic rings. The zero-order valence-electron chi connectivity index (χ0n) is 11.3. The molecule has 0 aromatic carbocycles. The molecule has 0 spiro atoms. The third kappa shape index (κ3) is 4.24. The van der Waals surface area contributed by atoms with Crippen LogP contribution in [0.1, 0.15) is 52.9 Å². The van der Waals surface area contributed by atoms with E-state index in [0.717, 1.165) is 12.8 Å². The Morgan fingerprint density at radius 1 is 1.33 bits per heavy atom. The van der Waals surface area contributed by atoms with Crippen molar-refractivity contribution in [2.75, 3.05) is 0 Å². The molecule has 0 aromatic rings. The van der Waals surface area contributed by atoms with Gasteiger partial charge in [0.1, 0.15) is 0 Å². The molecule has 0 heterocycles. The zero-order valence-corrected chi connectivity index (χ0v) is 12.1. The number of nitrogens with one attached hydrogen (secondary N) is 1. The van der Waals surface area contributed by atoms with Crippen molar-refractivity contribution >= 4 is 16.0 Å². The first-order valence-electron chi connectivity index (χ1n) is 6.36. The maximum Gasteiger partial charge on any atom is 0.304 e. The molecular formula is C12H23NO4S. The molecule has 0 bridgehead atoms. The Morgan fingerprint density at radius 2 is 1.83 bits per heavy atom. The van der Waals surface area contributed by atoms with Crippen LogP contribution in [-0.2, 0) is 14.8 Å². The van der Waals surface area contributed by atoms with Crippen LogP contribution in [0.3, 0.4) is 0 Å². The topological polar surface area (TPSA) is 83.5 Å². The van der Waals surface area contributed by atoms with Gasteiger partial charge in [0.15, 0.2) is 0 Å². The van der Waals surface area contributed by atoms with Crippen molar-refractivity contribution in [3.63, 3.8) is 0 Å². The second-order valence-electron chi connectivity index (χ2n) is 6.09. The summed E-state index contributed by atoms with van der Waals surface area (Å²) in [5.74, 6) is -0.982. The molecule has 1 fully saturated rings. The monoisotopic (exact) mass is 277 g/mol. The third-order valence-corrected chi connectivity index (χ3v) is 5.43. The molecule has 1 rings (SSSR count). The van der Waals surface area contributed by atoms with Gasteiger partial charge in [-0.1, -0.05) is 33.6 Å². The zero-order chi connectivity index (χ0) is 14.0. The number of carboxylic acid groups (broad SMARTS) is 1. The molecule has 0 aliphatic heterocycles. The summed E-state index contributed by atoms with van der Waals surface area (Å²) in [5.41, 5.74) is -0.413. The molecule has 106 valence electrons. The fourth-order valence-electron chi connectivity index (χ4n) is 2.19. The SMILES string of the molecule is CC(C)(C)C(CC(=O)O)NS(=O)(=O)C1CCCC1. The predicted octanol–water partition coefficient (Wildman–Crippen LogP) is 1.74. The van der Waals surface area contributed by atoms with Crippen molar-refractivity contribution in [3.05, 3.63) is 0 Å². The van der Waals surface area contributed by atoms with Gasteiger partial charge in [-0.15, -0.1) is 0 Å². The molecular weight excluding hydrogens is 254 g/mol. The Balaban J connectivity index is 2.79. The number of carboxylic acids is 1. The van der Waals surface area contributed by atoms with Crippen LogP contribution in [0, 0.1) is 5.41 Å². The second kappa shape index (κ2) is 5.57. The maximum absolute atomic E-state index is 12.2. The van der Waals surface area contributed by atoms with Gasteiger partial charge < -0.3 is 5.11 Å². The minimum Gasteiger partial charge on any atom is -0.481 e. The lowest BCUT2D eigenvalue weighted by Crippen LogP contribution is -2.47. The second-order valence-corrected chi connectivity index (χ2v) is 8.08. The molecule has 0 aromatic heterocycles. The van der Waals surface area contributed by atoms with E-state index >= 15 is 0 Å². The third-order valence-electron chi connectivity index (χ3n) is 3.47. The molecule has 1 saturated carbocycles. The van der Waals surface area contributed by atoms with E-state index in [1.165, 1.54) is 0 Å². The number of rotatable bonds is 5. The fraction of sp³-hybridized carbons (Fsp3) is 0.917. The average Bonchev–Trinajstić information content (AvgIpc) is 2.66. The van der Waals surface area contributed by atoms with E-state index in [2.05, 4.69) is 4.72 Å². The summed E-state index contributed by atoms with van der Waals surface area (Å²) < 4.78 is 26.9. The van der Waals surface area contributed by atoms with E-state index in [9.17, 15) is 13.2 Å². The first-order chi connectivity index (χ1) is 8.13. The Bertz CT molecular complexity index is 391. The summed E-state index contributed by atoms with van der Waals surface area (Å²) in [7, 11) is -3.40. The lowest BCUT2D eigenvalue weighted by atomic mass is 9.85. The number of hydrogen-bond donors (Lipinski definition) is 2. The molecule has 0 saturated heterocycles. The first kappa shape index (κ1) is 15.4. The average molecular weight is 277 g/mol. The summed E-state index contributed by atoms with van der Waals surface area (Å²) >= 11 is 0. The van der Waals surface area contributed by atoms with Gasteiger partial charge in [0.05, 0.1) is 11.7 Å². The highest BCUT2D eigenvalue weighted by Gasteiger charge is 2.35. The van der Waals surface area contributed by atoms with Gasteiger partial charge >= 0.3 is 5.97 Å². The van der Waals surface area contributed by atoms with E-state index in [-0.39, 0.29) is 11.7 Å². The summed E-state index contributed by atoms with van der Waals surface area (Å²) in [6, 6.07) is -0.569. The van der Waals surface area contributed by atoms with Crippen LogP contribution in [0.4, 0.5) is 0 Å². The summed E-state index contributed by atoms with van der Waals surface area (Å²) in [5, 5.41) is 8.52. The minimum atomic E-state index is -3.40. The number of hydrogen-bond acceptors (Lipinski definition) is 3. The Labute approximate surface area is 109 Å². The first-order valence-corrected chi connectivity index (χ1v) is 7.90. The number of sulfonamides is 1. The van der Waals surface area contributed by atoms with Crippen LogP contribution in [0.2, 0.25) is 0 Å². The fourth-order valence-corrected chi connectivity index (χ4v) is 4.17. The largest absolute Gasteiger partial charge is 0.481 e. The van der Waals surface area contributed by atoms with E-state index < -0.39 is 27.4 Å². The van der Waals surface area contributed by atoms with Gasteiger partial charge in [-0.25, -0.2) is 13.1 Å². The molecule has 1 atom stereocenters. The highest BCUT2D eigenvalue weighted by atomic mass is 32.2. The van der Waals surface area contributed by atoms with Crippen LogP contribution in [0.5, 0.6) is 0 Å². The van der Waals surface area contributed by atoms with Crippen molar-refractivity contribution < 1.29 is 18.3 Å². The van der Waals surface area contributed by atoms with Crippen LogP contribution >= 0.6 is 0 Å². The van der Waals surface area contributed by atoms with E-state index in [0.29, 0.717) is 12.8 Å². The van der Waals surface area contributed by atoms with Crippen molar-refractivity contribution in [1.29, 1.82) is 0 Å². The Kier molecular flexibility index (Phi) is 4.78. The highest BCUT2D eigenvalue weighted by Crippen LogP contribution is 2.27. The quantitative estimate of drug-likeness (QED) is 0.801. The highest BCUT2D eigenvalue weighted by molar-refractivity contribution is 7.90. The molecule has 0 radical (unpaired) electrons. The van der Waals surface area contributed by atoms with Crippen LogP contribution in [0.15, 0.2) is 0 Å². The Hall–Kier alpha value is -0.620. The summed E-state index contributed by atoms with van der Waals surface area (Å²) in [4.78, 5) is 10.8. The molecule has 1 unspecified atom stereocenters. The molecule has 6 heteroatoms. The minimum absolute atomic E-state index is 0.185. The van der Waals surface area contributed by atoms with E-state index in [4.69, 9.17) is 5.11 Å². The van der Waals surface area contributed by atoms with Crippen LogP contribution in [-0.4, -0.2) is 30.8 Å². The van der Waals surface area contributed by atoms with Gasteiger partial charge in [-0.2, -0.15) is 0 Å². The van der Waals surface area contributed by atoms with Gasteiger partial charge in [-0.05, 0) is 18.3 Å². The van der Waals surface area contributed by atoms with Gasteiger partial charge in [0, 0.05) is 6.04 Å². The summed E-state index contributed by atoms with van der Waals surface area (Å²) in [6.45, 7) is 5.54. The van der Waals surface area contributed by atoms with Gasteiger partial charge in [0.2, 0.25) is 10.0 Å². The maximum atomic E-state index is 12.2. The normalized spacial score (nSPS) is 19.9. The predicted molar refractivity (Wildman–Crippen MR) is 69.8 cm³/mol. The van der Waals surface area contributed by atoms with Crippen molar-refractivity contribution in [2.24, 2.45) is 5.41 Å². The summed E-state index contributed by atoms with van der Waals surface area (Å²) in [6.07, 6.45) is 3.05. The Morgan fingerprint density at radius 3 is 2.22 bits per heavy atom. The van der Waals surface area contributed by atoms with Gasteiger partial charge in [-0.3, -0.25) is 4.79 Å². The molecule has 5 nitrogen and oxygen atoms in total. The molecule has 0 amide bonds. The molecule has 18 heavy (non-hydrogen) atoms. The van der Waals surface area contributed by atoms with Gasteiger partial charge in [0.25, 0.3) is 0 Å². The number of aliphatic carboxylic acids is 1. The lowest BCUT2D eigenvalue weighted by molar-refractivity contribution is -0.138. The van der Waals surface area contributed by atoms with Crippen LogP contribution in [0.25, 0.3) is 0 Å². The van der Waals surface area contributed by atoms with E-state index in [1.807, 2.05) is 20.8 Å². The van der Waals surface area contributed by atoms with Crippen molar-refractivity contribution in [3.8, 4) is 0 Å². The van der Waals surface area contributed by atoms with E-state index in [1.54, 1.807) is 0 Å². The molecule has 2 N–H and O–H groups in total. The smallest absolute Gasteiger partial charge is 0.304 e.